The Morgan fingerprint density at radius 1 is 1.40 bits per heavy atom. The number of aliphatic hydroxyl groups is 1. The summed E-state index contributed by atoms with van der Waals surface area (Å²) in [5.74, 6) is 1.34. The summed E-state index contributed by atoms with van der Waals surface area (Å²) in [5.41, 5.74) is -0.505. The van der Waals surface area contributed by atoms with Crippen LogP contribution in [0.4, 0.5) is 4.79 Å². The summed E-state index contributed by atoms with van der Waals surface area (Å²) in [7, 11) is 0. The van der Waals surface area contributed by atoms with Crippen molar-refractivity contribution in [1.29, 1.82) is 0 Å². The maximum atomic E-state index is 12.2. The topological polar surface area (TPSA) is 80.5 Å². The Morgan fingerprint density at radius 2 is 2.10 bits per heavy atom. The summed E-state index contributed by atoms with van der Waals surface area (Å²) in [4.78, 5) is 13.9. The van der Waals surface area contributed by atoms with Crippen LogP contribution in [0.3, 0.4) is 0 Å². The third kappa shape index (κ3) is 3.09. The summed E-state index contributed by atoms with van der Waals surface area (Å²) >= 11 is 0. The second-order valence-corrected chi connectivity index (χ2v) is 6.07. The number of hydrogen-bond donors (Lipinski definition) is 1. The van der Waals surface area contributed by atoms with Crippen molar-refractivity contribution in [2.24, 2.45) is 0 Å². The van der Waals surface area contributed by atoms with Crippen molar-refractivity contribution in [1.82, 2.24) is 19.7 Å². The average Bonchev–Trinajstić information content (AvgIpc) is 2.61. The number of rotatable bonds is 1. The molecule has 1 atom stereocenters. The van der Waals surface area contributed by atoms with Crippen molar-refractivity contribution >= 4 is 6.09 Å². The third-order valence-corrected chi connectivity index (χ3v) is 3.25. The van der Waals surface area contributed by atoms with E-state index in [1.165, 1.54) is 0 Å². The molecular weight excluding hydrogens is 260 g/mol. The predicted octanol–water partition coefficient (Wildman–Crippen LogP) is 0.952. The fraction of sp³-hybridized carbons (Fsp3) is 0.769. The van der Waals surface area contributed by atoms with Gasteiger partial charge >= 0.3 is 6.09 Å². The minimum Gasteiger partial charge on any atom is -0.444 e. The highest BCUT2D eigenvalue weighted by atomic mass is 16.6. The number of aromatic nitrogens is 3. The fourth-order valence-corrected chi connectivity index (χ4v) is 2.29. The first-order valence-electron chi connectivity index (χ1n) is 6.83. The second kappa shape index (κ2) is 5.40. The lowest BCUT2D eigenvalue weighted by Gasteiger charge is -2.30. The third-order valence-electron chi connectivity index (χ3n) is 3.25. The molecule has 0 saturated carbocycles. The van der Waals surface area contributed by atoms with Gasteiger partial charge in [-0.15, -0.1) is 10.2 Å². The lowest BCUT2D eigenvalue weighted by molar-refractivity contribution is 0.0180. The van der Waals surface area contributed by atoms with Crippen LogP contribution in [0.5, 0.6) is 0 Å². The van der Waals surface area contributed by atoms with Gasteiger partial charge in [-0.25, -0.2) is 4.79 Å². The number of ether oxygens (including phenoxy) is 1. The Labute approximate surface area is 118 Å². The Balaban J connectivity index is 2.13. The van der Waals surface area contributed by atoms with E-state index in [1.54, 1.807) is 4.90 Å². The Bertz CT molecular complexity index is 492. The Hall–Kier alpha value is -1.63. The summed E-state index contributed by atoms with van der Waals surface area (Å²) in [6.45, 7) is 8.47. The molecule has 7 heteroatoms. The molecule has 0 bridgehead atoms. The lowest BCUT2D eigenvalue weighted by Crippen LogP contribution is -2.43. The zero-order chi connectivity index (χ0) is 14.9. The van der Waals surface area contributed by atoms with E-state index in [9.17, 15) is 9.90 Å². The summed E-state index contributed by atoms with van der Waals surface area (Å²) in [5, 5.41) is 17.3. The van der Waals surface area contributed by atoms with Crippen LogP contribution in [-0.4, -0.2) is 49.1 Å². The van der Waals surface area contributed by atoms with Crippen LogP contribution in [0, 0.1) is 0 Å². The van der Waals surface area contributed by atoms with Crippen molar-refractivity contribution in [2.75, 3.05) is 6.54 Å². The van der Waals surface area contributed by atoms with Gasteiger partial charge in [-0.3, -0.25) is 0 Å². The molecule has 1 N–H and O–H groups in total. The van der Waals surface area contributed by atoms with Crippen molar-refractivity contribution in [2.45, 2.75) is 58.9 Å². The molecular formula is C13H22N4O3. The number of carbonyl (C=O) groups excluding carboxylic acids is 1. The minimum atomic E-state index is -0.505. The zero-order valence-electron chi connectivity index (χ0n) is 12.5. The van der Waals surface area contributed by atoms with Gasteiger partial charge in [0.1, 0.15) is 18.0 Å². The van der Waals surface area contributed by atoms with Gasteiger partial charge in [0.05, 0.1) is 0 Å². The van der Waals surface area contributed by atoms with E-state index < -0.39 is 5.60 Å². The highest BCUT2D eigenvalue weighted by Gasteiger charge is 2.30. The molecule has 1 aromatic rings. The van der Waals surface area contributed by atoms with Crippen molar-refractivity contribution < 1.29 is 14.6 Å². The predicted molar refractivity (Wildman–Crippen MR) is 72.1 cm³/mol. The molecule has 1 unspecified atom stereocenters. The lowest BCUT2D eigenvalue weighted by atomic mass is 10.2. The van der Waals surface area contributed by atoms with E-state index in [4.69, 9.17) is 4.74 Å². The van der Waals surface area contributed by atoms with E-state index in [0.29, 0.717) is 25.3 Å². The Morgan fingerprint density at radius 3 is 2.70 bits per heavy atom. The van der Waals surface area contributed by atoms with Crippen LogP contribution in [0.15, 0.2) is 0 Å². The van der Waals surface area contributed by atoms with Crippen LogP contribution in [-0.2, 0) is 24.3 Å². The molecule has 0 saturated heterocycles. The van der Waals surface area contributed by atoms with E-state index in [0.717, 1.165) is 5.82 Å². The van der Waals surface area contributed by atoms with Crippen LogP contribution in [0.2, 0.25) is 0 Å². The molecule has 0 fully saturated rings. The first-order chi connectivity index (χ1) is 9.31. The quantitative estimate of drug-likeness (QED) is 0.829. The minimum absolute atomic E-state index is 0.0122. The smallest absolute Gasteiger partial charge is 0.410 e. The molecule has 1 amide bonds. The molecule has 2 rings (SSSR count). The largest absolute Gasteiger partial charge is 0.444 e. The van der Waals surface area contributed by atoms with E-state index in [2.05, 4.69) is 10.2 Å². The number of amides is 1. The highest BCUT2D eigenvalue weighted by molar-refractivity contribution is 5.68. The molecule has 20 heavy (non-hydrogen) atoms. The number of fused-ring (bicyclic) bond motifs is 1. The van der Waals surface area contributed by atoms with E-state index in [-0.39, 0.29) is 18.7 Å². The molecule has 0 aromatic carbocycles. The molecule has 2 heterocycles. The molecule has 1 aliphatic rings. The molecule has 1 aromatic heterocycles. The molecule has 0 radical (unpaired) electrons. The monoisotopic (exact) mass is 282 g/mol. The van der Waals surface area contributed by atoms with Crippen LogP contribution in [0.1, 0.15) is 39.3 Å². The number of aliphatic hydroxyl groups excluding tert-OH is 1. The van der Waals surface area contributed by atoms with Gasteiger partial charge in [0.2, 0.25) is 0 Å². The highest BCUT2D eigenvalue weighted by Crippen LogP contribution is 2.18. The van der Waals surface area contributed by atoms with Gasteiger partial charge in [-0.1, -0.05) is 0 Å². The summed E-state index contributed by atoms with van der Waals surface area (Å²) < 4.78 is 7.30. The molecule has 0 aliphatic carbocycles. The van der Waals surface area contributed by atoms with Gasteiger partial charge < -0.3 is 19.3 Å². The van der Waals surface area contributed by atoms with E-state index >= 15 is 0 Å². The summed E-state index contributed by atoms with van der Waals surface area (Å²) in [6.07, 6.45) is 0.293. The SMILES string of the molecule is CC1Cc2nnc(CO)n2CCN1C(=O)OC(C)(C)C. The number of carbonyl (C=O) groups is 1. The average molecular weight is 282 g/mol. The van der Waals surface area contributed by atoms with Gasteiger partial charge in [0, 0.05) is 25.6 Å². The molecule has 112 valence electrons. The Kier molecular flexibility index (Phi) is 3.99. The summed E-state index contributed by atoms with van der Waals surface area (Å²) in [6, 6.07) is -0.0122. The molecule has 7 nitrogen and oxygen atoms in total. The molecule has 1 aliphatic heterocycles. The first-order valence-corrected chi connectivity index (χ1v) is 6.83. The standard InChI is InChI=1S/C13H22N4O3/c1-9-7-10-14-15-11(8-18)17(10)6-5-16(9)12(19)20-13(2,3)4/h9,18H,5-8H2,1-4H3. The number of nitrogens with zero attached hydrogens (tertiary/aromatic N) is 4. The van der Waals surface area contributed by atoms with E-state index in [1.807, 2.05) is 32.3 Å². The van der Waals surface area contributed by atoms with Gasteiger partial charge in [0.25, 0.3) is 0 Å². The van der Waals surface area contributed by atoms with Crippen molar-refractivity contribution in [3.8, 4) is 0 Å². The normalized spacial score (nSPS) is 19.4. The second-order valence-electron chi connectivity index (χ2n) is 6.07. The number of hydrogen-bond acceptors (Lipinski definition) is 5. The maximum absolute atomic E-state index is 12.2. The fourth-order valence-electron chi connectivity index (χ4n) is 2.29. The van der Waals surface area contributed by atoms with Crippen molar-refractivity contribution in [3.63, 3.8) is 0 Å². The van der Waals surface area contributed by atoms with Gasteiger partial charge in [0.15, 0.2) is 5.82 Å². The van der Waals surface area contributed by atoms with Gasteiger partial charge in [-0.05, 0) is 27.7 Å². The molecule has 0 spiro atoms. The van der Waals surface area contributed by atoms with Gasteiger partial charge in [-0.2, -0.15) is 0 Å². The van der Waals surface area contributed by atoms with Crippen LogP contribution in [0.25, 0.3) is 0 Å². The van der Waals surface area contributed by atoms with Crippen LogP contribution < -0.4 is 0 Å². The van der Waals surface area contributed by atoms with Crippen molar-refractivity contribution in [3.05, 3.63) is 11.6 Å². The first kappa shape index (κ1) is 14.8. The van der Waals surface area contributed by atoms with Crippen LogP contribution >= 0.6 is 0 Å². The maximum Gasteiger partial charge on any atom is 0.410 e. The zero-order valence-corrected chi connectivity index (χ0v) is 12.5.